The van der Waals surface area contributed by atoms with Crippen molar-refractivity contribution in [3.05, 3.63) is 33.8 Å². The van der Waals surface area contributed by atoms with Crippen LogP contribution in [-0.4, -0.2) is 25.2 Å². The van der Waals surface area contributed by atoms with Gasteiger partial charge in [0.2, 0.25) is 0 Å². The molecular formula is C17H21Cl2NO2. The summed E-state index contributed by atoms with van der Waals surface area (Å²) in [7, 11) is 0. The number of ether oxygens (including phenoxy) is 1. The Labute approximate surface area is 142 Å². The molecule has 1 unspecified atom stereocenters. The van der Waals surface area contributed by atoms with Crippen LogP contribution in [0.4, 0.5) is 0 Å². The van der Waals surface area contributed by atoms with Gasteiger partial charge in [0.1, 0.15) is 0 Å². The second-order valence-electron chi connectivity index (χ2n) is 5.27. The minimum atomic E-state index is -0.271. The van der Waals surface area contributed by atoms with Crippen LogP contribution in [-0.2, 0) is 9.53 Å². The lowest BCUT2D eigenvalue weighted by Crippen LogP contribution is -2.34. The summed E-state index contributed by atoms with van der Waals surface area (Å²) in [6.45, 7) is 6.54. The van der Waals surface area contributed by atoms with E-state index in [0.29, 0.717) is 22.6 Å². The molecule has 5 heteroatoms. The third-order valence-corrected chi connectivity index (χ3v) is 3.55. The number of nitrogens with one attached hydrogen (secondary N) is 1. The summed E-state index contributed by atoms with van der Waals surface area (Å²) in [5.41, 5.74) is 0.793. The van der Waals surface area contributed by atoms with Crippen LogP contribution in [0.25, 0.3) is 0 Å². The van der Waals surface area contributed by atoms with Crippen molar-refractivity contribution in [3.8, 4) is 11.8 Å². The molecule has 1 atom stereocenters. The molecule has 1 aromatic rings. The van der Waals surface area contributed by atoms with E-state index in [1.165, 1.54) is 0 Å². The highest BCUT2D eigenvalue weighted by atomic mass is 35.5. The Morgan fingerprint density at radius 2 is 2.05 bits per heavy atom. The predicted octanol–water partition coefficient (Wildman–Crippen LogP) is 3.91. The first-order valence-electron chi connectivity index (χ1n) is 7.28. The van der Waals surface area contributed by atoms with Crippen molar-refractivity contribution in [3.63, 3.8) is 0 Å². The number of carbonyl (C=O) groups excluding carboxylic acids is 1. The standard InChI is InChI=1S/C17H21Cl2NO2/c1-4-22-17(21)11-20-14(9-12(2)3)7-5-13-6-8-15(18)16(19)10-13/h6,8,10,12,14,20H,4,9,11H2,1-3H3. The monoisotopic (exact) mass is 341 g/mol. The molecule has 1 aromatic carbocycles. The van der Waals surface area contributed by atoms with E-state index in [-0.39, 0.29) is 18.6 Å². The van der Waals surface area contributed by atoms with Crippen molar-refractivity contribution >= 4 is 29.2 Å². The van der Waals surface area contributed by atoms with Crippen LogP contribution in [0.15, 0.2) is 18.2 Å². The van der Waals surface area contributed by atoms with Crippen molar-refractivity contribution in [1.82, 2.24) is 5.32 Å². The Hall–Kier alpha value is -1.21. The predicted molar refractivity (Wildman–Crippen MR) is 91.2 cm³/mol. The Morgan fingerprint density at radius 3 is 2.64 bits per heavy atom. The summed E-state index contributed by atoms with van der Waals surface area (Å²) in [4.78, 5) is 11.4. The zero-order chi connectivity index (χ0) is 16.5. The highest BCUT2D eigenvalue weighted by molar-refractivity contribution is 6.42. The fourth-order valence-corrected chi connectivity index (χ4v) is 2.13. The lowest BCUT2D eigenvalue weighted by molar-refractivity contribution is -0.142. The van der Waals surface area contributed by atoms with Gasteiger partial charge in [0.15, 0.2) is 0 Å². The SMILES string of the molecule is CCOC(=O)CNC(C#Cc1ccc(Cl)c(Cl)c1)CC(C)C. The second kappa shape index (κ2) is 9.74. The number of esters is 1. The summed E-state index contributed by atoms with van der Waals surface area (Å²) in [6, 6.07) is 5.18. The highest BCUT2D eigenvalue weighted by Gasteiger charge is 2.10. The summed E-state index contributed by atoms with van der Waals surface area (Å²) < 4.78 is 4.91. The van der Waals surface area contributed by atoms with Gasteiger partial charge in [-0.05, 0) is 37.5 Å². The molecule has 1 rings (SSSR count). The molecule has 1 N–H and O–H groups in total. The topological polar surface area (TPSA) is 38.3 Å². The maximum Gasteiger partial charge on any atom is 0.319 e. The normalized spacial score (nSPS) is 11.7. The first-order valence-corrected chi connectivity index (χ1v) is 8.03. The van der Waals surface area contributed by atoms with Crippen LogP contribution in [0.3, 0.4) is 0 Å². The van der Waals surface area contributed by atoms with E-state index in [1.807, 2.05) is 6.07 Å². The molecule has 0 amide bonds. The van der Waals surface area contributed by atoms with Gasteiger partial charge in [0.25, 0.3) is 0 Å². The molecule has 0 saturated heterocycles. The van der Waals surface area contributed by atoms with Crippen molar-refractivity contribution in [1.29, 1.82) is 0 Å². The van der Waals surface area contributed by atoms with Crippen molar-refractivity contribution in [2.45, 2.75) is 33.2 Å². The van der Waals surface area contributed by atoms with Gasteiger partial charge in [-0.15, -0.1) is 0 Å². The molecule has 0 saturated carbocycles. The number of hydrogen-bond donors (Lipinski definition) is 1. The van der Waals surface area contributed by atoms with Gasteiger partial charge >= 0.3 is 5.97 Å². The molecule has 0 aliphatic rings. The molecule has 0 aromatic heterocycles. The van der Waals surface area contributed by atoms with E-state index in [2.05, 4.69) is 31.0 Å². The van der Waals surface area contributed by atoms with E-state index in [1.54, 1.807) is 19.1 Å². The summed E-state index contributed by atoms with van der Waals surface area (Å²) in [5, 5.41) is 4.11. The lowest BCUT2D eigenvalue weighted by Gasteiger charge is -2.14. The molecule has 0 heterocycles. The molecule has 0 bridgehead atoms. The Kier molecular flexibility index (Phi) is 8.34. The minimum Gasteiger partial charge on any atom is -0.465 e. The highest BCUT2D eigenvalue weighted by Crippen LogP contribution is 2.22. The maximum atomic E-state index is 11.4. The summed E-state index contributed by atoms with van der Waals surface area (Å²) >= 11 is 11.9. The van der Waals surface area contributed by atoms with Crippen molar-refractivity contribution in [2.75, 3.05) is 13.2 Å². The average molecular weight is 342 g/mol. The van der Waals surface area contributed by atoms with Crippen LogP contribution < -0.4 is 5.32 Å². The van der Waals surface area contributed by atoms with E-state index >= 15 is 0 Å². The van der Waals surface area contributed by atoms with Gasteiger partial charge in [-0.2, -0.15) is 0 Å². The third kappa shape index (κ3) is 7.17. The number of carbonyl (C=O) groups is 1. The van der Waals surface area contributed by atoms with Gasteiger partial charge in [-0.1, -0.05) is 48.9 Å². The van der Waals surface area contributed by atoms with Gasteiger partial charge in [-0.25, -0.2) is 0 Å². The van der Waals surface area contributed by atoms with Gasteiger partial charge in [0, 0.05) is 5.56 Å². The average Bonchev–Trinajstić information content (AvgIpc) is 2.45. The Balaban J connectivity index is 2.74. The maximum absolute atomic E-state index is 11.4. The number of benzene rings is 1. The zero-order valence-corrected chi connectivity index (χ0v) is 14.6. The first-order chi connectivity index (χ1) is 10.4. The number of rotatable bonds is 6. The quantitative estimate of drug-likeness (QED) is 0.629. The molecule has 0 spiro atoms. The van der Waals surface area contributed by atoms with Crippen LogP contribution in [0.5, 0.6) is 0 Å². The lowest BCUT2D eigenvalue weighted by atomic mass is 10.0. The fourth-order valence-electron chi connectivity index (χ4n) is 1.83. The van der Waals surface area contributed by atoms with E-state index in [9.17, 15) is 4.79 Å². The Morgan fingerprint density at radius 1 is 1.32 bits per heavy atom. The second-order valence-corrected chi connectivity index (χ2v) is 6.08. The molecule has 22 heavy (non-hydrogen) atoms. The molecule has 0 aliphatic heterocycles. The summed E-state index contributed by atoms with van der Waals surface area (Å²) in [5.74, 6) is 6.40. The largest absolute Gasteiger partial charge is 0.465 e. The minimum absolute atomic E-state index is 0.0844. The smallest absolute Gasteiger partial charge is 0.319 e. The molecule has 0 radical (unpaired) electrons. The van der Waals surface area contributed by atoms with Gasteiger partial charge < -0.3 is 4.74 Å². The fraction of sp³-hybridized carbons (Fsp3) is 0.471. The van der Waals surface area contributed by atoms with Crippen LogP contribution >= 0.6 is 23.2 Å². The van der Waals surface area contributed by atoms with E-state index in [0.717, 1.165) is 12.0 Å². The third-order valence-electron chi connectivity index (χ3n) is 2.82. The summed E-state index contributed by atoms with van der Waals surface area (Å²) in [6.07, 6.45) is 0.841. The van der Waals surface area contributed by atoms with Crippen molar-refractivity contribution < 1.29 is 9.53 Å². The van der Waals surface area contributed by atoms with Crippen molar-refractivity contribution in [2.24, 2.45) is 5.92 Å². The zero-order valence-electron chi connectivity index (χ0n) is 13.1. The van der Waals surface area contributed by atoms with Crippen LogP contribution in [0.1, 0.15) is 32.8 Å². The van der Waals surface area contributed by atoms with Crippen LogP contribution in [0.2, 0.25) is 10.0 Å². The molecule has 0 fully saturated rings. The van der Waals surface area contributed by atoms with Crippen LogP contribution in [0, 0.1) is 17.8 Å². The number of halogens is 2. The molecule has 0 aliphatic carbocycles. The van der Waals surface area contributed by atoms with E-state index < -0.39 is 0 Å². The van der Waals surface area contributed by atoms with Gasteiger partial charge in [0.05, 0.1) is 29.2 Å². The molecule has 3 nitrogen and oxygen atoms in total. The first kappa shape index (κ1) is 18.8. The molecular weight excluding hydrogens is 321 g/mol. The molecule has 120 valence electrons. The van der Waals surface area contributed by atoms with E-state index in [4.69, 9.17) is 27.9 Å². The number of hydrogen-bond acceptors (Lipinski definition) is 3. The van der Waals surface area contributed by atoms with Gasteiger partial charge in [-0.3, -0.25) is 10.1 Å². The Bertz CT molecular complexity index is 562.